The Labute approximate surface area is 185 Å². The average Bonchev–Trinajstić information content (AvgIpc) is 2.69. The Morgan fingerprint density at radius 3 is 2.45 bits per heavy atom. The fourth-order valence-electron chi connectivity index (χ4n) is 2.75. The molecule has 0 aliphatic carbocycles. The molecule has 31 heavy (non-hydrogen) atoms. The first-order chi connectivity index (χ1) is 14.5. The zero-order valence-corrected chi connectivity index (χ0v) is 20.3. The number of anilines is 2. The summed E-state index contributed by atoms with van der Waals surface area (Å²) in [5, 5.41) is 0.163. The maximum atomic E-state index is 11.7. The Hall–Kier alpha value is -2.65. The van der Waals surface area contributed by atoms with Gasteiger partial charge in [0.05, 0.1) is 19.3 Å². The Balaban J connectivity index is 2.08. The van der Waals surface area contributed by atoms with E-state index < -0.39 is 8.32 Å². The van der Waals surface area contributed by atoms with Gasteiger partial charge in [-0.15, -0.1) is 0 Å². The second kappa shape index (κ2) is 10.1. The van der Waals surface area contributed by atoms with E-state index in [4.69, 9.17) is 25.4 Å². The first-order valence-electron chi connectivity index (χ1n) is 10.3. The molecule has 0 amide bonds. The fourth-order valence-corrected chi connectivity index (χ4v) is 3.83. The molecule has 0 spiro atoms. The van der Waals surface area contributed by atoms with Crippen LogP contribution < -0.4 is 20.9 Å². The van der Waals surface area contributed by atoms with Gasteiger partial charge in [0, 0.05) is 31.2 Å². The van der Waals surface area contributed by atoms with Crippen molar-refractivity contribution >= 4 is 26.4 Å². The van der Waals surface area contributed by atoms with E-state index in [0.29, 0.717) is 48.1 Å². The van der Waals surface area contributed by atoms with Gasteiger partial charge in [-0.25, -0.2) is 4.98 Å². The maximum Gasteiger partial charge on any atom is 0.221 e. The van der Waals surface area contributed by atoms with Gasteiger partial charge in [0.1, 0.15) is 5.82 Å². The van der Waals surface area contributed by atoms with Gasteiger partial charge in [-0.1, -0.05) is 20.8 Å². The summed E-state index contributed by atoms with van der Waals surface area (Å²) in [5.41, 5.74) is 13.4. The normalized spacial score (nSPS) is 11.9. The van der Waals surface area contributed by atoms with Crippen LogP contribution in [0.3, 0.4) is 0 Å². The third-order valence-corrected chi connectivity index (χ3v) is 10.1. The first kappa shape index (κ1) is 24.6. The summed E-state index contributed by atoms with van der Waals surface area (Å²) in [6.45, 7) is 12.1. The summed E-state index contributed by atoms with van der Waals surface area (Å²) in [6.07, 6.45) is 3.49. The minimum absolute atomic E-state index is 0.119. The van der Waals surface area contributed by atoms with Crippen molar-refractivity contribution in [3.8, 4) is 11.5 Å². The number of nitrogen functional groups attached to an aromatic ring is 2. The molecule has 0 aliphatic rings. The largest absolute Gasteiger partial charge is 0.493 e. The number of hydrogen-bond donors (Lipinski definition) is 2. The van der Waals surface area contributed by atoms with E-state index in [-0.39, 0.29) is 11.0 Å². The highest BCUT2D eigenvalue weighted by Gasteiger charge is 2.36. The summed E-state index contributed by atoms with van der Waals surface area (Å²) >= 11 is 0. The zero-order valence-electron chi connectivity index (χ0n) is 19.3. The molecule has 0 atom stereocenters. The predicted octanol–water partition coefficient (Wildman–Crippen LogP) is 3.84. The Morgan fingerprint density at radius 2 is 1.87 bits per heavy atom. The van der Waals surface area contributed by atoms with Crippen molar-refractivity contribution in [1.29, 1.82) is 0 Å². The van der Waals surface area contributed by atoms with Crippen LogP contribution in [0.5, 0.6) is 11.5 Å². The summed E-state index contributed by atoms with van der Waals surface area (Å²) in [4.78, 5) is 19.7. The lowest BCUT2D eigenvalue weighted by Gasteiger charge is -2.36. The molecule has 0 aliphatic heterocycles. The molecule has 4 N–H and O–H groups in total. The van der Waals surface area contributed by atoms with Crippen molar-refractivity contribution in [3.63, 3.8) is 0 Å². The average molecular weight is 447 g/mol. The van der Waals surface area contributed by atoms with Crippen molar-refractivity contribution in [2.45, 2.75) is 51.7 Å². The topological polar surface area (TPSA) is 123 Å². The summed E-state index contributed by atoms with van der Waals surface area (Å²) < 4.78 is 17.6. The number of carbonyl (C=O) groups excluding carboxylic acids is 1. The third-order valence-electron chi connectivity index (χ3n) is 5.61. The number of nitrogens with zero attached hydrogens (tertiary/aromatic N) is 2. The SMILES string of the molecule is COc1cc(Cc2cnc(N)nc2N)cc(C=O)c1OCCCO[Si](C)(C)C(C)(C)C. The number of hydrogen-bond acceptors (Lipinski definition) is 8. The van der Waals surface area contributed by atoms with Gasteiger partial charge < -0.3 is 25.4 Å². The fraction of sp³-hybridized carbons (Fsp3) is 0.500. The van der Waals surface area contributed by atoms with Gasteiger partial charge >= 0.3 is 0 Å². The molecule has 170 valence electrons. The lowest BCUT2D eigenvalue weighted by atomic mass is 10.0. The molecule has 0 saturated carbocycles. The van der Waals surface area contributed by atoms with Crippen LogP contribution in [0.4, 0.5) is 11.8 Å². The van der Waals surface area contributed by atoms with Gasteiger partial charge in [-0.05, 0) is 35.8 Å². The molecule has 9 heteroatoms. The number of aromatic nitrogens is 2. The maximum absolute atomic E-state index is 11.7. The standard InChI is InChI=1S/C22H34N4O4Si/c1-22(2,3)31(5,6)30-9-7-8-29-19-17(14-27)11-15(12-18(19)28-4)10-16-13-25-21(24)26-20(16)23/h11-14H,7-10H2,1-6H3,(H4,23,24,25,26). The highest BCUT2D eigenvalue weighted by atomic mass is 28.4. The summed E-state index contributed by atoms with van der Waals surface area (Å²) in [7, 11) is -0.244. The van der Waals surface area contributed by atoms with E-state index in [1.807, 2.05) is 6.07 Å². The van der Waals surface area contributed by atoms with E-state index in [1.165, 1.54) is 0 Å². The van der Waals surface area contributed by atoms with Crippen molar-refractivity contribution in [3.05, 3.63) is 35.0 Å². The second-order valence-corrected chi connectivity index (χ2v) is 13.8. The van der Waals surface area contributed by atoms with Crippen LogP contribution >= 0.6 is 0 Å². The number of ether oxygens (including phenoxy) is 2. The van der Waals surface area contributed by atoms with Crippen molar-refractivity contribution < 1.29 is 18.7 Å². The van der Waals surface area contributed by atoms with Gasteiger partial charge in [-0.2, -0.15) is 4.98 Å². The molecule has 1 aromatic carbocycles. The van der Waals surface area contributed by atoms with Crippen LogP contribution in [0.15, 0.2) is 18.3 Å². The Bertz CT molecular complexity index is 913. The smallest absolute Gasteiger partial charge is 0.221 e. The molecule has 1 aromatic heterocycles. The van der Waals surface area contributed by atoms with Gasteiger partial charge in [-0.3, -0.25) is 4.79 Å². The number of carbonyl (C=O) groups is 1. The van der Waals surface area contributed by atoms with Crippen molar-refractivity contribution in [1.82, 2.24) is 9.97 Å². The minimum atomic E-state index is -1.79. The lowest BCUT2D eigenvalue weighted by molar-refractivity contribution is 0.111. The van der Waals surface area contributed by atoms with E-state index in [2.05, 4.69) is 43.8 Å². The van der Waals surface area contributed by atoms with Crippen LogP contribution in [-0.4, -0.2) is 44.9 Å². The minimum Gasteiger partial charge on any atom is -0.493 e. The molecule has 2 aromatic rings. The second-order valence-electron chi connectivity index (χ2n) is 8.96. The van der Waals surface area contributed by atoms with Gasteiger partial charge in [0.25, 0.3) is 0 Å². The molecular weight excluding hydrogens is 412 g/mol. The number of rotatable bonds is 10. The molecule has 0 radical (unpaired) electrons. The number of methoxy groups -OCH3 is 1. The summed E-state index contributed by atoms with van der Waals surface area (Å²) in [6, 6.07) is 3.58. The van der Waals surface area contributed by atoms with E-state index >= 15 is 0 Å². The van der Waals surface area contributed by atoms with Crippen molar-refractivity contribution in [2.24, 2.45) is 0 Å². The van der Waals surface area contributed by atoms with Crippen LogP contribution in [-0.2, 0) is 10.8 Å². The monoisotopic (exact) mass is 446 g/mol. The van der Waals surface area contributed by atoms with Crippen LogP contribution in [0.25, 0.3) is 0 Å². The Morgan fingerprint density at radius 1 is 1.16 bits per heavy atom. The third kappa shape index (κ3) is 6.41. The summed E-state index contributed by atoms with van der Waals surface area (Å²) in [5.74, 6) is 1.34. The first-order valence-corrected chi connectivity index (χ1v) is 13.2. The predicted molar refractivity (Wildman–Crippen MR) is 125 cm³/mol. The molecule has 2 rings (SSSR count). The van der Waals surface area contributed by atoms with Crippen molar-refractivity contribution in [2.75, 3.05) is 31.8 Å². The molecule has 0 fully saturated rings. The number of benzene rings is 1. The quantitative estimate of drug-likeness (QED) is 0.320. The van der Waals surface area contributed by atoms with Crippen LogP contribution in [0.1, 0.15) is 48.7 Å². The molecule has 0 saturated heterocycles. The van der Waals surface area contributed by atoms with Crippen LogP contribution in [0, 0.1) is 0 Å². The number of aldehydes is 1. The van der Waals surface area contributed by atoms with E-state index in [9.17, 15) is 4.79 Å². The van der Waals surface area contributed by atoms with Crippen LogP contribution in [0.2, 0.25) is 18.1 Å². The Kier molecular flexibility index (Phi) is 8.02. The van der Waals surface area contributed by atoms with Gasteiger partial charge in [0.15, 0.2) is 26.1 Å². The molecule has 0 bridgehead atoms. The highest BCUT2D eigenvalue weighted by Crippen LogP contribution is 2.37. The molecule has 8 nitrogen and oxygen atoms in total. The van der Waals surface area contributed by atoms with E-state index in [0.717, 1.165) is 18.3 Å². The molecule has 1 heterocycles. The lowest BCUT2D eigenvalue weighted by Crippen LogP contribution is -2.41. The molecule has 0 unspecified atom stereocenters. The van der Waals surface area contributed by atoms with E-state index in [1.54, 1.807) is 19.4 Å². The van der Waals surface area contributed by atoms with Gasteiger partial charge in [0.2, 0.25) is 5.95 Å². The molecular formula is C22H34N4O4Si. The highest BCUT2D eigenvalue weighted by molar-refractivity contribution is 6.74. The number of nitrogens with two attached hydrogens (primary N) is 2. The zero-order chi connectivity index (χ0) is 23.2.